The second kappa shape index (κ2) is 4.45. The molecule has 4 heteroatoms. The minimum atomic E-state index is -0.00750. The number of nitrogen functional groups attached to an aromatic ring is 1. The van der Waals surface area contributed by atoms with Crippen LogP contribution in [0.2, 0.25) is 0 Å². The third-order valence-corrected chi connectivity index (χ3v) is 3.97. The summed E-state index contributed by atoms with van der Waals surface area (Å²) in [5.41, 5.74) is 7.90. The van der Waals surface area contributed by atoms with Gasteiger partial charge in [0, 0.05) is 10.9 Å². The molecule has 0 saturated carbocycles. The first-order valence-electron chi connectivity index (χ1n) is 5.80. The number of anilines is 1. The lowest BCUT2D eigenvalue weighted by Gasteiger charge is -2.13. The number of carbonyl (C=O) groups is 1. The van der Waals surface area contributed by atoms with Gasteiger partial charge >= 0.3 is 0 Å². The Balaban J connectivity index is 2.32. The van der Waals surface area contributed by atoms with Gasteiger partial charge in [-0.25, -0.2) is 0 Å². The van der Waals surface area contributed by atoms with Gasteiger partial charge in [-0.2, -0.15) is 0 Å². The first-order valence-corrected chi connectivity index (χ1v) is 6.62. The second-order valence-electron chi connectivity index (χ2n) is 4.58. The van der Waals surface area contributed by atoms with Gasteiger partial charge in [-0.3, -0.25) is 4.79 Å². The molecular formula is C12H18N2OS. The lowest BCUT2D eigenvalue weighted by Crippen LogP contribution is -2.31. The summed E-state index contributed by atoms with van der Waals surface area (Å²) < 4.78 is 0. The Kier molecular flexibility index (Phi) is 3.19. The first-order chi connectivity index (χ1) is 7.59. The molecule has 0 aromatic carbocycles. The van der Waals surface area contributed by atoms with Crippen LogP contribution in [-0.4, -0.2) is 11.9 Å². The predicted molar refractivity (Wildman–Crippen MR) is 68.0 cm³/mol. The highest BCUT2D eigenvalue weighted by Gasteiger charge is 2.24. The largest absolute Gasteiger partial charge is 0.390 e. The summed E-state index contributed by atoms with van der Waals surface area (Å²) in [6.45, 7) is 3.93. The lowest BCUT2D eigenvalue weighted by atomic mass is 9.95. The smallest absolute Gasteiger partial charge is 0.254 e. The van der Waals surface area contributed by atoms with E-state index in [9.17, 15) is 4.79 Å². The molecule has 3 N–H and O–H groups in total. The zero-order chi connectivity index (χ0) is 11.7. The highest BCUT2D eigenvalue weighted by atomic mass is 32.1. The van der Waals surface area contributed by atoms with E-state index in [1.165, 1.54) is 23.3 Å². The molecule has 0 fully saturated rings. The van der Waals surface area contributed by atoms with Crippen molar-refractivity contribution in [1.29, 1.82) is 0 Å². The number of amides is 1. The number of nitrogens with two attached hydrogens (primary N) is 1. The maximum atomic E-state index is 12.0. The number of carbonyl (C=O) groups excluding carboxylic acids is 1. The molecule has 3 nitrogen and oxygen atoms in total. The molecule has 0 atom stereocenters. The Morgan fingerprint density at radius 3 is 2.75 bits per heavy atom. The van der Waals surface area contributed by atoms with Gasteiger partial charge in [-0.05, 0) is 45.1 Å². The highest BCUT2D eigenvalue weighted by Crippen LogP contribution is 2.36. The van der Waals surface area contributed by atoms with Gasteiger partial charge < -0.3 is 11.1 Å². The van der Waals surface area contributed by atoms with Crippen LogP contribution in [0.15, 0.2) is 0 Å². The van der Waals surface area contributed by atoms with Gasteiger partial charge in [0.2, 0.25) is 0 Å². The summed E-state index contributed by atoms with van der Waals surface area (Å²) in [4.78, 5) is 13.3. The van der Waals surface area contributed by atoms with Crippen molar-refractivity contribution in [3.05, 3.63) is 16.0 Å². The Morgan fingerprint density at radius 1 is 1.38 bits per heavy atom. The molecule has 0 radical (unpaired) electrons. The van der Waals surface area contributed by atoms with E-state index in [1.807, 2.05) is 13.8 Å². The van der Waals surface area contributed by atoms with Crippen molar-refractivity contribution in [3.8, 4) is 0 Å². The van der Waals surface area contributed by atoms with Crippen molar-refractivity contribution >= 4 is 22.2 Å². The fraction of sp³-hybridized carbons (Fsp3) is 0.583. The molecule has 1 amide bonds. The molecule has 16 heavy (non-hydrogen) atoms. The van der Waals surface area contributed by atoms with E-state index in [-0.39, 0.29) is 11.9 Å². The first kappa shape index (κ1) is 11.5. The van der Waals surface area contributed by atoms with Crippen LogP contribution in [0.3, 0.4) is 0 Å². The molecule has 0 spiro atoms. The molecule has 1 aromatic rings. The Bertz CT molecular complexity index is 409. The van der Waals surface area contributed by atoms with Gasteiger partial charge in [-0.1, -0.05) is 0 Å². The van der Waals surface area contributed by atoms with Crippen molar-refractivity contribution in [3.63, 3.8) is 0 Å². The molecule has 0 bridgehead atoms. The summed E-state index contributed by atoms with van der Waals surface area (Å²) in [6.07, 6.45) is 4.48. The van der Waals surface area contributed by atoms with Crippen molar-refractivity contribution in [2.45, 2.75) is 45.6 Å². The maximum absolute atomic E-state index is 12.0. The van der Waals surface area contributed by atoms with E-state index in [1.54, 1.807) is 11.3 Å². The van der Waals surface area contributed by atoms with Gasteiger partial charge in [-0.15, -0.1) is 11.3 Å². The summed E-state index contributed by atoms with van der Waals surface area (Å²) in [5.74, 6) is -0.00750. The number of hydrogen-bond acceptors (Lipinski definition) is 3. The molecule has 1 aliphatic rings. The number of rotatable bonds is 2. The third kappa shape index (κ3) is 2.07. The van der Waals surface area contributed by atoms with E-state index >= 15 is 0 Å². The van der Waals surface area contributed by atoms with E-state index in [2.05, 4.69) is 5.32 Å². The second-order valence-corrected chi connectivity index (χ2v) is 5.72. The number of hydrogen-bond donors (Lipinski definition) is 2. The van der Waals surface area contributed by atoms with E-state index < -0.39 is 0 Å². The van der Waals surface area contributed by atoms with Crippen LogP contribution in [0.4, 0.5) is 5.00 Å². The zero-order valence-electron chi connectivity index (χ0n) is 9.80. The minimum absolute atomic E-state index is 0.00750. The standard InChI is InChI=1S/C12H18N2OS/c1-7(2)14-12(15)10-8-5-3-4-6-9(8)16-11(10)13/h7H,3-6,13H2,1-2H3,(H,14,15). The summed E-state index contributed by atoms with van der Waals surface area (Å²) >= 11 is 1.59. The normalized spacial score (nSPS) is 14.9. The zero-order valence-corrected chi connectivity index (χ0v) is 10.6. The molecule has 1 aromatic heterocycles. The van der Waals surface area contributed by atoms with E-state index in [4.69, 9.17) is 5.73 Å². The van der Waals surface area contributed by atoms with Crippen molar-refractivity contribution < 1.29 is 4.79 Å². The molecule has 0 unspecified atom stereocenters. The summed E-state index contributed by atoms with van der Waals surface area (Å²) in [6, 6.07) is 0.158. The molecule has 88 valence electrons. The van der Waals surface area contributed by atoms with Gasteiger partial charge in [0.1, 0.15) is 0 Å². The number of aryl methyl sites for hydroxylation is 1. The predicted octanol–water partition coefficient (Wildman–Crippen LogP) is 2.35. The fourth-order valence-electron chi connectivity index (χ4n) is 2.17. The summed E-state index contributed by atoms with van der Waals surface area (Å²) in [5, 5.41) is 3.61. The maximum Gasteiger partial charge on any atom is 0.254 e. The molecule has 1 aliphatic carbocycles. The lowest BCUT2D eigenvalue weighted by molar-refractivity contribution is 0.0943. The van der Waals surface area contributed by atoms with Gasteiger partial charge in [0.05, 0.1) is 10.6 Å². The molecule has 0 aliphatic heterocycles. The average molecular weight is 238 g/mol. The molecule has 0 saturated heterocycles. The van der Waals surface area contributed by atoms with Crippen LogP contribution >= 0.6 is 11.3 Å². The summed E-state index contributed by atoms with van der Waals surface area (Å²) in [7, 11) is 0. The fourth-order valence-corrected chi connectivity index (χ4v) is 3.33. The Labute approximate surface area is 100 Å². The van der Waals surface area contributed by atoms with Crippen molar-refractivity contribution in [2.75, 3.05) is 5.73 Å². The molecular weight excluding hydrogens is 220 g/mol. The van der Waals surface area contributed by atoms with Gasteiger partial charge in [0.25, 0.3) is 5.91 Å². The molecule has 1 heterocycles. The Morgan fingerprint density at radius 2 is 2.06 bits per heavy atom. The number of fused-ring (bicyclic) bond motifs is 1. The van der Waals surface area contributed by atoms with Crippen LogP contribution in [-0.2, 0) is 12.8 Å². The number of thiophene rings is 1. The topological polar surface area (TPSA) is 55.1 Å². The average Bonchev–Trinajstić information content (AvgIpc) is 2.52. The third-order valence-electron chi connectivity index (χ3n) is 2.85. The highest BCUT2D eigenvalue weighted by molar-refractivity contribution is 7.16. The van der Waals surface area contributed by atoms with E-state index in [0.717, 1.165) is 18.4 Å². The quantitative estimate of drug-likeness (QED) is 0.831. The SMILES string of the molecule is CC(C)NC(=O)c1c(N)sc2c1CCCC2. The molecule has 2 rings (SSSR count). The van der Waals surface area contributed by atoms with Crippen molar-refractivity contribution in [1.82, 2.24) is 5.32 Å². The van der Waals surface area contributed by atoms with Crippen LogP contribution < -0.4 is 11.1 Å². The van der Waals surface area contributed by atoms with Crippen LogP contribution in [0.5, 0.6) is 0 Å². The van der Waals surface area contributed by atoms with Crippen molar-refractivity contribution in [2.24, 2.45) is 0 Å². The minimum Gasteiger partial charge on any atom is -0.390 e. The van der Waals surface area contributed by atoms with Gasteiger partial charge in [0.15, 0.2) is 0 Å². The van der Waals surface area contributed by atoms with Crippen LogP contribution in [0.1, 0.15) is 47.5 Å². The van der Waals surface area contributed by atoms with Crippen LogP contribution in [0.25, 0.3) is 0 Å². The van der Waals surface area contributed by atoms with Crippen LogP contribution in [0, 0.1) is 0 Å². The number of nitrogens with one attached hydrogen (secondary N) is 1. The monoisotopic (exact) mass is 238 g/mol. The Hall–Kier alpha value is -1.03. The van der Waals surface area contributed by atoms with E-state index in [0.29, 0.717) is 5.00 Å².